The van der Waals surface area contributed by atoms with E-state index in [0.29, 0.717) is 12.4 Å². The average molecular weight is 296 g/mol. The molecule has 3 heterocycles. The Balaban J connectivity index is 2.15. The van der Waals surface area contributed by atoms with Crippen molar-refractivity contribution in [3.8, 4) is 0 Å². The number of imidazole rings is 1. The first-order chi connectivity index (χ1) is 9.10. The molecule has 0 spiro atoms. The van der Waals surface area contributed by atoms with Gasteiger partial charge in [0.25, 0.3) is 0 Å². The molecule has 0 saturated heterocycles. The van der Waals surface area contributed by atoms with E-state index in [1.165, 1.54) is 0 Å². The topological polar surface area (TPSA) is 48.5 Å². The molecule has 0 aliphatic carbocycles. The summed E-state index contributed by atoms with van der Waals surface area (Å²) in [7, 11) is 1.93. The Labute approximate surface area is 119 Å². The zero-order chi connectivity index (χ0) is 13.6. The molecule has 19 heavy (non-hydrogen) atoms. The van der Waals surface area contributed by atoms with Gasteiger partial charge in [-0.2, -0.15) is 5.10 Å². The summed E-state index contributed by atoms with van der Waals surface area (Å²) >= 11 is 7.66. The van der Waals surface area contributed by atoms with Gasteiger partial charge >= 0.3 is 0 Å². The van der Waals surface area contributed by atoms with E-state index in [4.69, 9.17) is 11.6 Å². The summed E-state index contributed by atoms with van der Waals surface area (Å²) in [6.07, 6.45) is 0. The van der Waals surface area contributed by atoms with E-state index in [2.05, 4.69) is 25.0 Å². The molecule has 0 radical (unpaired) electrons. The fourth-order valence-corrected chi connectivity index (χ4v) is 3.10. The zero-order valence-electron chi connectivity index (χ0n) is 11.0. The third-order valence-corrected chi connectivity index (χ3v) is 4.14. The number of halogens is 1. The Morgan fingerprint density at radius 3 is 2.74 bits per heavy atom. The van der Waals surface area contributed by atoms with Crippen LogP contribution in [-0.4, -0.2) is 24.3 Å². The molecule has 3 rings (SSSR count). The van der Waals surface area contributed by atoms with Gasteiger partial charge in [-0.15, -0.1) is 22.9 Å². The van der Waals surface area contributed by atoms with Crippen molar-refractivity contribution >= 4 is 34.1 Å². The van der Waals surface area contributed by atoms with Gasteiger partial charge in [-0.05, 0) is 13.8 Å². The van der Waals surface area contributed by atoms with Crippen LogP contribution in [0.2, 0.25) is 0 Å². The third-order valence-electron chi connectivity index (χ3n) is 3.08. The molecule has 0 N–H and O–H groups in total. The van der Waals surface area contributed by atoms with Crippen molar-refractivity contribution in [1.29, 1.82) is 0 Å². The van der Waals surface area contributed by atoms with Crippen molar-refractivity contribution < 1.29 is 0 Å². The largest absolute Gasteiger partial charge is 0.306 e. The van der Waals surface area contributed by atoms with Gasteiger partial charge in [0, 0.05) is 12.4 Å². The second-order valence-electron chi connectivity index (χ2n) is 4.49. The lowest BCUT2D eigenvalue weighted by atomic mass is 10.4. The van der Waals surface area contributed by atoms with Crippen LogP contribution >= 0.6 is 22.9 Å². The van der Waals surface area contributed by atoms with E-state index in [9.17, 15) is 0 Å². The van der Waals surface area contributed by atoms with Crippen molar-refractivity contribution in [2.75, 3.05) is 0 Å². The first-order valence-electron chi connectivity index (χ1n) is 5.96. The lowest BCUT2D eigenvalue weighted by Crippen LogP contribution is -2.07. The van der Waals surface area contributed by atoms with Gasteiger partial charge in [0.05, 0.1) is 28.8 Å². The number of rotatable bonds is 3. The second kappa shape index (κ2) is 4.61. The van der Waals surface area contributed by atoms with Crippen LogP contribution in [0.4, 0.5) is 0 Å². The summed E-state index contributed by atoms with van der Waals surface area (Å²) in [6.45, 7) is 4.65. The van der Waals surface area contributed by atoms with E-state index >= 15 is 0 Å². The monoisotopic (exact) mass is 295 g/mol. The maximum atomic E-state index is 6.01. The molecule has 0 aliphatic heterocycles. The maximum absolute atomic E-state index is 6.01. The molecule has 0 aliphatic rings. The highest BCUT2D eigenvalue weighted by molar-refractivity contribution is 7.09. The van der Waals surface area contributed by atoms with Gasteiger partial charge in [-0.1, -0.05) is 0 Å². The number of hydrogen-bond donors (Lipinski definition) is 0. The average Bonchev–Trinajstić information content (AvgIpc) is 3.00. The van der Waals surface area contributed by atoms with E-state index in [0.717, 1.165) is 33.4 Å². The van der Waals surface area contributed by atoms with Crippen molar-refractivity contribution in [2.24, 2.45) is 7.05 Å². The van der Waals surface area contributed by atoms with Crippen molar-refractivity contribution in [1.82, 2.24) is 24.3 Å². The summed E-state index contributed by atoms with van der Waals surface area (Å²) in [5.74, 6) is 1.25. The number of aryl methyl sites for hydroxylation is 3. The van der Waals surface area contributed by atoms with Crippen LogP contribution in [0.3, 0.4) is 0 Å². The molecule has 0 fully saturated rings. The molecule has 7 heteroatoms. The SMILES string of the molecule is Cc1nc(Cn2c(CCl)nc3c(C)nn(C)c32)cs1. The number of hydrogen-bond acceptors (Lipinski definition) is 4. The van der Waals surface area contributed by atoms with Gasteiger partial charge < -0.3 is 4.57 Å². The van der Waals surface area contributed by atoms with Crippen LogP contribution in [0.15, 0.2) is 5.38 Å². The highest BCUT2D eigenvalue weighted by Crippen LogP contribution is 2.21. The quantitative estimate of drug-likeness (QED) is 0.698. The summed E-state index contributed by atoms with van der Waals surface area (Å²) in [4.78, 5) is 9.08. The van der Waals surface area contributed by atoms with E-state index in [1.807, 2.05) is 25.6 Å². The second-order valence-corrected chi connectivity index (χ2v) is 5.82. The van der Waals surface area contributed by atoms with Crippen LogP contribution in [0.25, 0.3) is 11.2 Å². The van der Waals surface area contributed by atoms with Crippen molar-refractivity contribution in [2.45, 2.75) is 26.3 Å². The number of alkyl halides is 1. The highest BCUT2D eigenvalue weighted by Gasteiger charge is 2.17. The Morgan fingerprint density at radius 1 is 1.32 bits per heavy atom. The minimum atomic E-state index is 0.386. The van der Waals surface area contributed by atoms with E-state index in [1.54, 1.807) is 11.3 Å². The van der Waals surface area contributed by atoms with E-state index < -0.39 is 0 Å². The van der Waals surface area contributed by atoms with Gasteiger partial charge in [0.2, 0.25) is 0 Å². The summed E-state index contributed by atoms with van der Waals surface area (Å²) in [6, 6.07) is 0. The molecule has 3 aromatic heterocycles. The normalized spacial score (nSPS) is 11.6. The van der Waals surface area contributed by atoms with Crippen LogP contribution < -0.4 is 0 Å². The predicted octanol–water partition coefficient (Wildman–Crippen LogP) is 2.63. The number of thiazole rings is 1. The van der Waals surface area contributed by atoms with Crippen molar-refractivity contribution in [3.05, 3.63) is 27.6 Å². The first kappa shape index (κ1) is 12.6. The predicted molar refractivity (Wildman–Crippen MR) is 76.7 cm³/mol. The summed E-state index contributed by atoms with van der Waals surface area (Å²) < 4.78 is 3.95. The fraction of sp³-hybridized carbons (Fsp3) is 0.417. The van der Waals surface area contributed by atoms with Gasteiger partial charge in [0.1, 0.15) is 11.3 Å². The maximum Gasteiger partial charge on any atom is 0.159 e. The minimum absolute atomic E-state index is 0.386. The van der Waals surface area contributed by atoms with E-state index in [-0.39, 0.29) is 0 Å². The zero-order valence-corrected chi connectivity index (χ0v) is 12.6. The Hall–Kier alpha value is -1.40. The minimum Gasteiger partial charge on any atom is -0.306 e. The molecular weight excluding hydrogens is 282 g/mol. The van der Waals surface area contributed by atoms with Crippen LogP contribution in [0.5, 0.6) is 0 Å². The Bertz CT molecular complexity index is 739. The molecule has 0 amide bonds. The number of nitrogens with zero attached hydrogens (tertiary/aromatic N) is 5. The summed E-state index contributed by atoms with van der Waals surface area (Å²) in [5, 5.41) is 7.55. The molecule has 0 bridgehead atoms. The van der Waals surface area contributed by atoms with Crippen LogP contribution in [0, 0.1) is 13.8 Å². The number of aromatic nitrogens is 5. The first-order valence-corrected chi connectivity index (χ1v) is 7.37. The van der Waals surface area contributed by atoms with Crippen LogP contribution in [0.1, 0.15) is 22.2 Å². The molecular formula is C12H14ClN5S. The highest BCUT2D eigenvalue weighted by atomic mass is 35.5. The summed E-state index contributed by atoms with van der Waals surface area (Å²) in [5.41, 5.74) is 3.88. The molecule has 0 unspecified atom stereocenters. The lowest BCUT2D eigenvalue weighted by Gasteiger charge is -2.06. The van der Waals surface area contributed by atoms with Gasteiger partial charge in [-0.3, -0.25) is 4.68 Å². The molecule has 5 nitrogen and oxygen atoms in total. The van der Waals surface area contributed by atoms with Gasteiger partial charge in [0.15, 0.2) is 5.65 Å². The molecule has 0 aromatic carbocycles. The smallest absolute Gasteiger partial charge is 0.159 e. The molecule has 0 saturated carbocycles. The fourth-order valence-electron chi connectivity index (χ4n) is 2.29. The number of fused-ring (bicyclic) bond motifs is 1. The Kier molecular flexibility index (Phi) is 3.06. The molecule has 100 valence electrons. The molecule has 0 atom stereocenters. The molecule has 3 aromatic rings. The lowest BCUT2D eigenvalue weighted by molar-refractivity contribution is 0.695. The van der Waals surface area contributed by atoms with Crippen LogP contribution in [-0.2, 0) is 19.5 Å². The van der Waals surface area contributed by atoms with Crippen molar-refractivity contribution in [3.63, 3.8) is 0 Å². The van der Waals surface area contributed by atoms with Gasteiger partial charge in [-0.25, -0.2) is 9.97 Å². The standard InChI is InChI=1S/C12H14ClN5S/c1-7-11-12(17(3)16-7)18(10(4-13)15-11)5-9-6-19-8(2)14-9/h6H,4-5H2,1-3H3. The Morgan fingerprint density at radius 2 is 2.11 bits per heavy atom. The third kappa shape index (κ3) is 2.04.